The Morgan fingerprint density at radius 2 is 2.00 bits per heavy atom. The third-order valence-corrected chi connectivity index (χ3v) is 4.54. The zero-order valence-corrected chi connectivity index (χ0v) is 12.8. The van der Waals surface area contributed by atoms with Crippen LogP contribution in [0, 0.1) is 3.57 Å². The number of hydrogen-bond donors (Lipinski definition) is 0. The molecule has 0 aliphatic carbocycles. The maximum atomic E-state index is 11.9. The van der Waals surface area contributed by atoms with Crippen LogP contribution in [0.2, 0.25) is 0 Å². The van der Waals surface area contributed by atoms with Gasteiger partial charge in [0.05, 0.1) is 0 Å². The van der Waals surface area contributed by atoms with Crippen molar-refractivity contribution in [2.24, 2.45) is 0 Å². The smallest absolute Gasteiger partial charge is 0.168 e. The van der Waals surface area contributed by atoms with Crippen molar-refractivity contribution in [1.29, 1.82) is 0 Å². The number of thiophene rings is 1. The van der Waals surface area contributed by atoms with Crippen LogP contribution in [0.5, 0.6) is 0 Å². The standard InChI is InChI=1S/C12H8BrIOS/c13-9-5-11(16-7-9)6-12(15)8-1-3-10(14)4-2-8/h1-5,7H,6H2. The van der Waals surface area contributed by atoms with E-state index in [-0.39, 0.29) is 5.78 Å². The summed E-state index contributed by atoms with van der Waals surface area (Å²) in [6, 6.07) is 9.67. The number of carbonyl (C=O) groups is 1. The van der Waals surface area contributed by atoms with Crippen LogP contribution >= 0.6 is 49.9 Å². The van der Waals surface area contributed by atoms with Crippen molar-refractivity contribution in [3.63, 3.8) is 0 Å². The van der Waals surface area contributed by atoms with Crippen molar-refractivity contribution in [1.82, 2.24) is 0 Å². The normalized spacial score (nSPS) is 10.4. The predicted molar refractivity (Wildman–Crippen MR) is 79.2 cm³/mol. The van der Waals surface area contributed by atoms with Gasteiger partial charge in [-0.05, 0) is 56.7 Å². The van der Waals surface area contributed by atoms with Crippen LogP contribution in [0.15, 0.2) is 40.2 Å². The lowest BCUT2D eigenvalue weighted by atomic mass is 10.1. The molecule has 0 radical (unpaired) electrons. The van der Waals surface area contributed by atoms with E-state index in [0.717, 1.165) is 18.5 Å². The molecule has 0 spiro atoms. The first-order valence-electron chi connectivity index (χ1n) is 4.67. The highest BCUT2D eigenvalue weighted by atomic mass is 127. The lowest BCUT2D eigenvalue weighted by Gasteiger charge is -1.99. The fraction of sp³-hybridized carbons (Fsp3) is 0.0833. The first-order chi connectivity index (χ1) is 7.65. The number of rotatable bonds is 3. The maximum Gasteiger partial charge on any atom is 0.168 e. The van der Waals surface area contributed by atoms with Gasteiger partial charge in [0, 0.05) is 30.3 Å². The quantitative estimate of drug-likeness (QED) is 0.540. The Kier molecular flexibility index (Phi) is 4.16. The Morgan fingerprint density at radius 1 is 1.31 bits per heavy atom. The molecule has 0 aliphatic rings. The molecule has 0 atom stereocenters. The minimum Gasteiger partial charge on any atom is -0.294 e. The molecule has 0 saturated heterocycles. The van der Waals surface area contributed by atoms with Crippen molar-refractivity contribution in [3.8, 4) is 0 Å². The highest BCUT2D eigenvalue weighted by molar-refractivity contribution is 14.1. The monoisotopic (exact) mass is 406 g/mol. The van der Waals surface area contributed by atoms with E-state index in [0.29, 0.717) is 6.42 Å². The number of hydrogen-bond acceptors (Lipinski definition) is 2. The summed E-state index contributed by atoms with van der Waals surface area (Å²) >= 11 is 7.22. The SMILES string of the molecule is O=C(Cc1cc(Br)cs1)c1ccc(I)cc1. The molecule has 0 bridgehead atoms. The summed E-state index contributed by atoms with van der Waals surface area (Å²) in [6.45, 7) is 0. The molecule has 0 N–H and O–H groups in total. The fourth-order valence-electron chi connectivity index (χ4n) is 1.34. The molecule has 2 aromatic rings. The number of halogens is 2. The van der Waals surface area contributed by atoms with Crippen LogP contribution in [0.3, 0.4) is 0 Å². The lowest BCUT2D eigenvalue weighted by molar-refractivity contribution is 0.0994. The van der Waals surface area contributed by atoms with E-state index in [1.165, 1.54) is 0 Å². The lowest BCUT2D eigenvalue weighted by Crippen LogP contribution is -2.01. The fourth-order valence-corrected chi connectivity index (χ4v) is 3.15. The molecular weight excluding hydrogens is 399 g/mol. The first-order valence-corrected chi connectivity index (χ1v) is 7.42. The van der Waals surface area contributed by atoms with Crippen molar-refractivity contribution in [3.05, 3.63) is 54.2 Å². The number of ketones is 1. The zero-order valence-electron chi connectivity index (χ0n) is 8.24. The molecule has 2 rings (SSSR count). The van der Waals surface area contributed by atoms with Crippen molar-refractivity contribution in [2.75, 3.05) is 0 Å². The molecule has 1 heterocycles. The summed E-state index contributed by atoms with van der Waals surface area (Å²) in [5.74, 6) is 0.172. The molecule has 0 fully saturated rings. The van der Waals surface area contributed by atoms with E-state index < -0.39 is 0 Å². The van der Waals surface area contributed by atoms with Gasteiger partial charge in [-0.1, -0.05) is 12.1 Å². The highest BCUT2D eigenvalue weighted by Gasteiger charge is 2.08. The average Bonchev–Trinajstić information content (AvgIpc) is 2.65. The van der Waals surface area contributed by atoms with Crippen LogP contribution < -0.4 is 0 Å². The van der Waals surface area contributed by atoms with Gasteiger partial charge in [-0.3, -0.25) is 4.79 Å². The summed E-state index contributed by atoms with van der Waals surface area (Å²) in [6.07, 6.45) is 0.483. The molecule has 0 amide bonds. The second-order valence-corrected chi connectivity index (χ2v) is 6.50. The minimum atomic E-state index is 0.172. The van der Waals surface area contributed by atoms with Gasteiger partial charge in [-0.2, -0.15) is 0 Å². The largest absolute Gasteiger partial charge is 0.294 e. The second-order valence-electron chi connectivity index (χ2n) is 3.34. The molecule has 1 aromatic carbocycles. The molecular formula is C12H8BrIOS. The van der Waals surface area contributed by atoms with Crippen LogP contribution in [-0.4, -0.2) is 5.78 Å². The highest BCUT2D eigenvalue weighted by Crippen LogP contribution is 2.21. The molecule has 1 aromatic heterocycles. The third kappa shape index (κ3) is 3.15. The van der Waals surface area contributed by atoms with Crippen LogP contribution in [0.25, 0.3) is 0 Å². The molecule has 1 nitrogen and oxygen atoms in total. The summed E-state index contributed by atoms with van der Waals surface area (Å²) in [5.41, 5.74) is 0.782. The molecule has 16 heavy (non-hydrogen) atoms. The molecule has 0 aliphatic heterocycles. The van der Waals surface area contributed by atoms with Crippen molar-refractivity contribution in [2.45, 2.75) is 6.42 Å². The van der Waals surface area contributed by atoms with E-state index in [1.807, 2.05) is 35.7 Å². The summed E-state index contributed by atoms with van der Waals surface area (Å²) in [5, 5.41) is 2.00. The van der Waals surface area contributed by atoms with E-state index >= 15 is 0 Å². The number of Topliss-reactive ketones (excluding diaryl/α,β-unsaturated/α-hetero) is 1. The van der Waals surface area contributed by atoms with Gasteiger partial charge in [-0.15, -0.1) is 11.3 Å². The second kappa shape index (κ2) is 5.42. The van der Waals surface area contributed by atoms with Gasteiger partial charge >= 0.3 is 0 Å². The molecule has 0 unspecified atom stereocenters. The van der Waals surface area contributed by atoms with Gasteiger partial charge in [0.2, 0.25) is 0 Å². The Labute approximate surface area is 120 Å². The summed E-state index contributed by atoms with van der Waals surface area (Å²) in [7, 11) is 0. The predicted octanol–water partition coefficient (Wildman–Crippen LogP) is 4.54. The van der Waals surface area contributed by atoms with Gasteiger partial charge in [0.1, 0.15) is 0 Å². The third-order valence-electron chi connectivity index (χ3n) is 2.12. The summed E-state index contributed by atoms with van der Waals surface area (Å²) < 4.78 is 2.19. The van der Waals surface area contributed by atoms with Gasteiger partial charge in [0.15, 0.2) is 5.78 Å². The van der Waals surface area contributed by atoms with Crippen molar-refractivity contribution >= 4 is 55.6 Å². The first kappa shape index (κ1) is 12.3. The Bertz CT molecular complexity index is 504. The van der Waals surface area contributed by atoms with Crippen LogP contribution in [-0.2, 0) is 6.42 Å². The van der Waals surface area contributed by atoms with Crippen molar-refractivity contribution < 1.29 is 4.79 Å². The zero-order chi connectivity index (χ0) is 11.5. The Hall–Kier alpha value is -0.200. The van der Waals surface area contributed by atoms with E-state index in [1.54, 1.807) is 11.3 Å². The van der Waals surface area contributed by atoms with Crippen LogP contribution in [0.4, 0.5) is 0 Å². The van der Waals surface area contributed by atoms with E-state index in [9.17, 15) is 4.79 Å². The Morgan fingerprint density at radius 3 is 2.56 bits per heavy atom. The molecule has 82 valence electrons. The number of benzene rings is 1. The maximum absolute atomic E-state index is 11.9. The minimum absolute atomic E-state index is 0.172. The topological polar surface area (TPSA) is 17.1 Å². The van der Waals surface area contributed by atoms with Crippen LogP contribution in [0.1, 0.15) is 15.2 Å². The molecule has 0 saturated carbocycles. The summed E-state index contributed by atoms with van der Waals surface area (Å²) in [4.78, 5) is 13.0. The van der Waals surface area contributed by atoms with Gasteiger partial charge in [0.25, 0.3) is 0 Å². The number of carbonyl (C=O) groups excluding carboxylic acids is 1. The van der Waals surface area contributed by atoms with Gasteiger partial charge < -0.3 is 0 Å². The Balaban J connectivity index is 2.11. The average molecular weight is 407 g/mol. The van der Waals surface area contributed by atoms with E-state index in [4.69, 9.17) is 0 Å². The molecule has 4 heteroatoms. The van der Waals surface area contributed by atoms with E-state index in [2.05, 4.69) is 38.5 Å². The van der Waals surface area contributed by atoms with Gasteiger partial charge in [-0.25, -0.2) is 0 Å².